The molecule has 0 saturated heterocycles. The molecule has 0 atom stereocenters. The molecule has 5 rings (SSSR count). The van der Waals surface area contributed by atoms with Crippen molar-refractivity contribution in [2.75, 3.05) is 0 Å². The van der Waals surface area contributed by atoms with E-state index in [1.54, 1.807) is 30.3 Å². The molecule has 4 aromatic carbocycles. The van der Waals surface area contributed by atoms with E-state index in [1.165, 1.54) is 6.07 Å². The summed E-state index contributed by atoms with van der Waals surface area (Å²) in [5.41, 5.74) is 5.05. The van der Waals surface area contributed by atoms with E-state index in [0.29, 0.717) is 28.2 Å². The lowest BCUT2D eigenvalue weighted by Crippen LogP contribution is -1.98. The van der Waals surface area contributed by atoms with E-state index in [9.17, 15) is 19.5 Å². The van der Waals surface area contributed by atoms with Gasteiger partial charge in [-0.2, -0.15) is 0 Å². The maximum Gasteiger partial charge on any atom is 0.524 e. The van der Waals surface area contributed by atoms with E-state index in [4.69, 9.17) is 9.26 Å². The Morgan fingerprint density at radius 2 is 1.50 bits per heavy atom. The molecule has 160 valence electrons. The number of aromatic hydroxyl groups is 1. The first-order chi connectivity index (χ1) is 15.3. The Balaban J connectivity index is 1.89. The van der Waals surface area contributed by atoms with Crippen molar-refractivity contribution in [3.63, 3.8) is 0 Å². The predicted octanol–water partition coefficient (Wildman–Crippen LogP) is 6.28. The maximum absolute atomic E-state index is 11.6. The maximum atomic E-state index is 11.6. The summed E-state index contributed by atoms with van der Waals surface area (Å²) in [6, 6.07) is 23.3. The average molecular weight is 446 g/mol. The number of aryl methyl sites for hydroxylation is 1. The zero-order valence-corrected chi connectivity index (χ0v) is 17.9. The van der Waals surface area contributed by atoms with Crippen LogP contribution in [0.1, 0.15) is 5.56 Å². The molecular weight excluding hydrogens is 427 g/mol. The van der Waals surface area contributed by atoms with Gasteiger partial charge < -0.3 is 14.4 Å². The van der Waals surface area contributed by atoms with Gasteiger partial charge in [-0.1, -0.05) is 48.0 Å². The quantitative estimate of drug-likeness (QED) is 0.276. The minimum Gasteiger partial charge on any atom is -0.507 e. The van der Waals surface area contributed by atoms with Gasteiger partial charge in [0, 0.05) is 11.1 Å². The highest BCUT2D eigenvalue weighted by Gasteiger charge is 2.25. The van der Waals surface area contributed by atoms with Crippen LogP contribution in [-0.2, 0) is 4.57 Å². The summed E-state index contributed by atoms with van der Waals surface area (Å²) in [7, 11) is -4.81. The number of rotatable bonds is 2. The van der Waals surface area contributed by atoms with Gasteiger partial charge >= 0.3 is 7.82 Å². The lowest BCUT2D eigenvalue weighted by atomic mass is 9.90. The van der Waals surface area contributed by atoms with Gasteiger partial charge in [-0.25, -0.2) is 4.57 Å². The molecule has 0 radical (unpaired) electrons. The van der Waals surface area contributed by atoms with Crippen molar-refractivity contribution in [2.24, 2.45) is 0 Å². The third-order valence-corrected chi connectivity index (χ3v) is 5.77. The second-order valence-electron chi connectivity index (χ2n) is 7.59. The number of benzene rings is 4. The standard InChI is InChI=1S/C25H19O6P/c1-15-11-12-21-19(13-15)18-7-3-8-20(26)24(18)16-5-2-6-17(14-16)25-22(30-21)9-4-10-23(25)31-32(27,28)29/h2-14,26H,1H3,(H2,27,28,29). The van der Waals surface area contributed by atoms with Crippen LogP contribution in [0.5, 0.6) is 23.0 Å². The van der Waals surface area contributed by atoms with Crippen LogP contribution in [0.15, 0.2) is 78.9 Å². The number of hydrogen-bond acceptors (Lipinski definition) is 4. The Bertz CT molecular complexity index is 1410. The molecule has 0 aromatic heterocycles. The van der Waals surface area contributed by atoms with E-state index < -0.39 is 7.82 Å². The molecule has 0 aliphatic carbocycles. The summed E-state index contributed by atoms with van der Waals surface area (Å²) < 4.78 is 22.9. The first-order valence-electron chi connectivity index (χ1n) is 9.90. The highest BCUT2D eigenvalue weighted by Crippen LogP contribution is 2.50. The number of phenolic OH excluding ortho intramolecular Hbond substituents is 1. The monoisotopic (exact) mass is 446 g/mol. The summed E-state index contributed by atoms with van der Waals surface area (Å²) in [4.78, 5) is 18.9. The van der Waals surface area contributed by atoms with E-state index >= 15 is 0 Å². The Kier molecular flexibility index (Phi) is 4.79. The van der Waals surface area contributed by atoms with E-state index in [0.717, 1.165) is 22.3 Å². The van der Waals surface area contributed by atoms with Crippen LogP contribution in [0, 0.1) is 6.92 Å². The fourth-order valence-corrected chi connectivity index (χ4v) is 4.45. The molecule has 32 heavy (non-hydrogen) atoms. The smallest absolute Gasteiger partial charge is 0.507 e. The number of phosphoric acid groups is 1. The minimum absolute atomic E-state index is 0.000254. The van der Waals surface area contributed by atoms with Crippen LogP contribution in [-0.4, -0.2) is 14.9 Å². The number of ether oxygens (including phenoxy) is 1. The van der Waals surface area contributed by atoms with Gasteiger partial charge in [0.15, 0.2) is 0 Å². The van der Waals surface area contributed by atoms with Crippen LogP contribution in [0.2, 0.25) is 0 Å². The Hall–Kier alpha value is -3.57. The molecule has 0 saturated carbocycles. The Morgan fingerprint density at radius 3 is 2.28 bits per heavy atom. The highest BCUT2D eigenvalue weighted by atomic mass is 31.2. The molecule has 1 aliphatic heterocycles. The van der Waals surface area contributed by atoms with E-state index in [1.807, 2.05) is 49.4 Å². The third-order valence-electron chi connectivity index (χ3n) is 5.33. The highest BCUT2D eigenvalue weighted by molar-refractivity contribution is 7.46. The molecule has 3 N–H and O–H groups in total. The molecule has 7 heteroatoms. The van der Waals surface area contributed by atoms with Crippen molar-refractivity contribution >= 4 is 7.82 Å². The largest absolute Gasteiger partial charge is 0.524 e. The molecule has 4 aromatic rings. The number of phenols is 1. The molecule has 0 unspecified atom stereocenters. The summed E-state index contributed by atoms with van der Waals surface area (Å²) in [5.74, 6) is 1.05. The van der Waals surface area contributed by atoms with Gasteiger partial charge in [-0.05, 0) is 60.0 Å². The van der Waals surface area contributed by atoms with Crippen molar-refractivity contribution in [2.45, 2.75) is 6.92 Å². The van der Waals surface area contributed by atoms with Crippen molar-refractivity contribution in [1.29, 1.82) is 0 Å². The van der Waals surface area contributed by atoms with Gasteiger partial charge in [-0.15, -0.1) is 0 Å². The topological polar surface area (TPSA) is 96.2 Å². The van der Waals surface area contributed by atoms with Gasteiger partial charge in [-0.3, -0.25) is 9.79 Å². The van der Waals surface area contributed by atoms with E-state index in [-0.39, 0.29) is 11.5 Å². The van der Waals surface area contributed by atoms with E-state index in [2.05, 4.69) is 0 Å². The zero-order chi connectivity index (χ0) is 22.5. The molecule has 1 aliphatic rings. The first kappa shape index (κ1) is 20.3. The molecule has 0 amide bonds. The van der Waals surface area contributed by atoms with Crippen LogP contribution in [0.3, 0.4) is 0 Å². The van der Waals surface area contributed by atoms with Gasteiger partial charge in [0.2, 0.25) is 0 Å². The second kappa shape index (κ2) is 7.53. The van der Waals surface area contributed by atoms with Gasteiger partial charge in [0.25, 0.3) is 0 Å². The molecular formula is C25H19O6P. The van der Waals surface area contributed by atoms with Crippen molar-refractivity contribution < 1.29 is 28.7 Å². The zero-order valence-electron chi connectivity index (χ0n) is 17.0. The summed E-state index contributed by atoms with van der Waals surface area (Å²) in [5, 5.41) is 10.8. The van der Waals surface area contributed by atoms with Crippen LogP contribution >= 0.6 is 7.82 Å². The number of phosphoric ester groups is 1. The third kappa shape index (κ3) is 3.65. The van der Waals surface area contributed by atoms with Crippen molar-refractivity contribution in [1.82, 2.24) is 0 Å². The summed E-state index contributed by atoms with van der Waals surface area (Å²) in [6.45, 7) is 1.97. The number of fused-ring (bicyclic) bond motifs is 8. The molecule has 1 heterocycles. The van der Waals surface area contributed by atoms with Gasteiger partial charge in [0.05, 0.1) is 5.56 Å². The predicted molar refractivity (Wildman–Crippen MR) is 122 cm³/mol. The summed E-state index contributed by atoms with van der Waals surface area (Å²) in [6.07, 6.45) is 0. The van der Waals surface area contributed by atoms with Crippen LogP contribution in [0.4, 0.5) is 0 Å². The Labute approximate surface area is 184 Å². The SMILES string of the molecule is Cc1ccc2c(c1)-c1cccc(O)c1-c1cccc(c1)-c1c(cccc1OP(=O)(O)O)O2. The molecule has 6 nitrogen and oxygen atoms in total. The van der Waals surface area contributed by atoms with Gasteiger partial charge in [0.1, 0.15) is 23.0 Å². The normalized spacial score (nSPS) is 12.1. The van der Waals surface area contributed by atoms with Crippen molar-refractivity contribution in [3.05, 3.63) is 84.4 Å². The average Bonchev–Trinajstić information content (AvgIpc) is 2.73. The van der Waals surface area contributed by atoms with Crippen LogP contribution in [0.25, 0.3) is 33.4 Å². The number of hydrogen-bond donors (Lipinski definition) is 3. The molecule has 0 spiro atoms. The fourth-order valence-electron chi connectivity index (χ4n) is 4.04. The molecule has 2 bridgehead atoms. The first-order valence-corrected chi connectivity index (χ1v) is 11.4. The fraction of sp³-hybridized carbons (Fsp3) is 0.0400. The second-order valence-corrected chi connectivity index (χ2v) is 8.76. The van der Waals surface area contributed by atoms with Crippen molar-refractivity contribution in [3.8, 4) is 56.4 Å². The summed E-state index contributed by atoms with van der Waals surface area (Å²) >= 11 is 0. The Morgan fingerprint density at radius 1 is 0.781 bits per heavy atom. The lowest BCUT2D eigenvalue weighted by molar-refractivity contribution is 0.283. The minimum atomic E-state index is -4.81. The van der Waals surface area contributed by atoms with Crippen LogP contribution < -0.4 is 9.26 Å². The lowest BCUT2D eigenvalue weighted by Gasteiger charge is -2.22. The molecule has 0 fully saturated rings.